The van der Waals surface area contributed by atoms with Crippen LogP contribution in [0.1, 0.15) is 20.7 Å². The number of fused-ring (bicyclic) bond motifs is 1. The number of hydrogen-bond acceptors (Lipinski definition) is 3. The van der Waals surface area contributed by atoms with E-state index in [1.165, 1.54) is 12.1 Å². The van der Waals surface area contributed by atoms with Gasteiger partial charge in [0.25, 0.3) is 0 Å². The normalized spacial score (nSPS) is 10.6. The zero-order valence-electron chi connectivity index (χ0n) is 12.5. The highest BCUT2D eigenvalue weighted by Gasteiger charge is 2.15. The molecule has 0 spiro atoms. The van der Waals surface area contributed by atoms with Crippen LogP contribution in [0.3, 0.4) is 0 Å². The lowest BCUT2D eigenvalue weighted by atomic mass is 10.1. The molecule has 0 aliphatic rings. The van der Waals surface area contributed by atoms with Gasteiger partial charge in [-0.15, -0.1) is 0 Å². The highest BCUT2D eigenvalue weighted by molar-refractivity contribution is 6.36. The highest BCUT2D eigenvalue weighted by Crippen LogP contribution is 2.22. The molecule has 3 aromatic carbocycles. The fraction of sp³-hybridized carbons (Fsp3) is 0.0526. The molecular formula is C19H12Cl2O3. The van der Waals surface area contributed by atoms with Crippen LogP contribution in [0.15, 0.2) is 60.7 Å². The van der Waals surface area contributed by atoms with Crippen molar-refractivity contribution in [2.75, 3.05) is 6.61 Å². The number of hydrogen-bond donors (Lipinski definition) is 0. The maximum Gasteiger partial charge on any atom is 0.338 e. The third-order valence-electron chi connectivity index (χ3n) is 3.55. The molecule has 0 amide bonds. The molecule has 0 unspecified atom stereocenters. The van der Waals surface area contributed by atoms with Crippen molar-refractivity contribution < 1.29 is 14.3 Å². The Hall–Kier alpha value is -2.36. The molecule has 5 heteroatoms. The molecule has 0 radical (unpaired) electrons. The SMILES string of the molecule is O=C(OCC(=O)c1ccc(Cl)cc1Cl)c1ccc2ccccc2c1. The summed E-state index contributed by atoms with van der Waals surface area (Å²) in [6, 6.07) is 17.5. The molecule has 0 aromatic heterocycles. The van der Waals surface area contributed by atoms with Crippen molar-refractivity contribution in [1.29, 1.82) is 0 Å². The van der Waals surface area contributed by atoms with Crippen molar-refractivity contribution in [1.82, 2.24) is 0 Å². The molecule has 0 heterocycles. The Bertz CT molecular complexity index is 935. The minimum Gasteiger partial charge on any atom is -0.454 e. The lowest BCUT2D eigenvalue weighted by Gasteiger charge is -2.07. The first-order valence-electron chi connectivity index (χ1n) is 7.19. The molecule has 3 nitrogen and oxygen atoms in total. The summed E-state index contributed by atoms with van der Waals surface area (Å²) in [6.45, 7) is -0.382. The Balaban J connectivity index is 1.71. The van der Waals surface area contributed by atoms with Crippen LogP contribution in [0.25, 0.3) is 10.8 Å². The van der Waals surface area contributed by atoms with Crippen LogP contribution in [-0.4, -0.2) is 18.4 Å². The highest BCUT2D eigenvalue weighted by atomic mass is 35.5. The number of carbonyl (C=O) groups excluding carboxylic acids is 2. The fourth-order valence-corrected chi connectivity index (χ4v) is 2.84. The van der Waals surface area contributed by atoms with Crippen molar-refractivity contribution in [2.45, 2.75) is 0 Å². The lowest BCUT2D eigenvalue weighted by Crippen LogP contribution is -2.14. The van der Waals surface area contributed by atoms with Gasteiger partial charge in [0.1, 0.15) is 0 Å². The van der Waals surface area contributed by atoms with Crippen LogP contribution >= 0.6 is 23.2 Å². The first kappa shape index (κ1) is 16.5. The van der Waals surface area contributed by atoms with Gasteiger partial charge < -0.3 is 4.74 Å². The minimum absolute atomic E-state index is 0.231. The fourth-order valence-electron chi connectivity index (χ4n) is 2.32. The number of esters is 1. The Kier molecular flexibility index (Phi) is 4.84. The number of ketones is 1. The molecule has 0 N–H and O–H groups in total. The van der Waals surface area contributed by atoms with E-state index in [1.54, 1.807) is 18.2 Å². The number of Topliss-reactive ketones (excluding diaryl/α,β-unsaturated/α-hetero) is 1. The summed E-state index contributed by atoms with van der Waals surface area (Å²) >= 11 is 11.8. The molecule has 24 heavy (non-hydrogen) atoms. The zero-order valence-corrected chi connectivity index (χ0v) is 14.0. The predicted octanol–water partition coefficient (Wildman–Crippen LogP) is 5.19. The third kappa shape index (κ3) is 3.58. The van der Waals surface area contributed by atoms with Gasteiger partial charge in [-0.05, 0) is 41.1 Å². The summed E-state index contributed by atoms with van der Waals surface area (Å²) in [4.78, 5) is 24.3. The summed E-state index contributed by atoms with van der Waals surface area (Å²) in [5.41, 5.74) is 0.663. The summed E-state index contributed by atoms with van der Waals surface area (Å²) in [7, 11) is 0. The second kappa shape index (κ2) is 7.04. The zero-order chi connectivity index (χ0) is 17.1. The summed E-state index contributed by atoms with van der Waals surface area (Å²) < 4.78 is 5.10. The van der Waals surface area contributed by atoms with Gasteiger partial charge in [0.2, 0.25) is 5.78 Å². The molecule has 0 atom stereocenters. The van der Waals surface area contributed by atoms with Crippen LogP contribution < -0.4 is 0 Å². The molecule has 0 aliphatic carbocycles. The molecule has 0 bridgehead atoms. The topological polar surface area (TPSA) is 43.4 Å². The van der Waals surface area contributed by atoms with Crippen LogP contribution in [0, 0.1) is 0 Å². The summed E-state index contributed by atoms with van der Waals surface area (Å²) in [6.07, 6.45) is 0. The van der Waals surface area contributed by atoms with Gasteiger partial charge in [0.15, 0.2) is 6.61 Å². The molecule has 3 rings (SSSR count). The first-order valence-corrected chi connectivity index (χ1v) is 7.94. The monoisotopic (exact) mass is 358 g/mol. The van der Waals surface area contributed by atoms with E-state index >= 15 is 0 Å². The van der Waals surface area contributed by atoms with E-state index in [0.717, 1.165) is 10.8 Å². The number of halogens is 2. The quantitative estimate of drug-likeness (QED) is 0.476. The third-order valence-corrected chi connectivity index (χ3v) is 4.10. The van der Waals surface area contributed by atoms with E-state index in [9.17, 15) is 9.59 Å². The van der Waals surface area contributed by atoms with Crippen molar-refractivity contribution in [2.24, 2.45) is 0 Å². The van der Waals surface area contributed by atoms with E-state index in [0.29, 0.717) is 10.6 Å². The average molecular weight is 359 g/mol. The van der Waals surface area contributed by atoms with Gasteiger partial charge >= 0.3 is 5.97 Å². The van der Waals surface area contributed by atoms with Crippen LogP contribution in [-0.2, 0) is 4.74 Å². The summed E-state index contributed by atoms with van der Waals surface area (Å²) in [5, 5.41) is 2.62. The predicted molar refractivity (Wildman–Crippen MR) is 95.0 cm³/mol. The molecule has 0 saturated heterocycles. The van der Waals surface area contributed by atoms with Gasteiger partial charge in [-0.3, -0.25) is 4.79 Å². The number of carbonyl (C=O) groups is 2. The van der Waals surface area contributed by atoms with Crippen LogP contribution in [0.2, 0.25) is 10.0 Å². The van der Waals surface area contributed by atoms with E-state index in [2.05, 4.69) is 0 Å². The molecular weight excluding hydrogens is 347 g/mol. The van der Waals surface area contributed by atoms with Gasteiger partial charge in [0.05, 0.1) is 10.6 Å². The van der Waals surface area contributed by atoms with E-state index in [4.69, 9.17) is 27.9 Å². The van der Waals surface area contributed by atoms with Crippen molar-refractivity contribution in [3.63, 3.8) is 0 Å². The van der Waals surface area contributed by atoms with Crippen molar-refractivity contribution >= 4 is 45.7 Å². The Morgan fingerprint density at radius 3 is 2.38 bits per heavy atom. The first-order chi connectivity index (χ1) is 11.5. The van der Waals surface area contributed by atoms with E-state index in [1.807, 2.05) is 30.3 Å². The van der Waals surface area contributed by atoms with Crippen molar-refractivity contribution in [3.05, 3.63) is 81.8 Å². The van der Waals surface area contributed by atoms with E-state index in [-0.39, 0.29) is 23.0 Å². The Morgan fingerprint density at radius 1 is 0.875 bits per heavy atom. The molecule has 0 aliphatic heterocycles. The van der Waals surface area contributed by atoms with Crippen LogP contribution in [0.5, 0.6) is 0 Å². The van der Waals surface area contributed by atoms with E-state index < -0.39 is 5.97 Å². The Morgan fingerprint density at radius 2 is 1.62 bits per heavy atom. The summed E-state index contributed by atoms with van der Waals surface area (Å²) in [5.74, 6) is -0.940. The molecule has 120 valence electrons. The second-order valence-corrected chi connectivity index (χ2v) is 6.03. The maximum absolute atomic E-state index is 12.1. The van der Waals surface area contributed by atoms with Crippen molar-refractivity contribution in [3.8, 4) is 0 Å². The second-order valence-electron chi connectivity index (χ2n) is 5.19. The number of ether oxygens (including phenoxy) is 1. The number of rotatable bonds is 4. The van der Waals surface area contributed by atoms with Gasteiger partial charge in [-0.1, -0.05) is 53.5 Å². The minimum atomic E-state index is -0.556. The Labute approximate surface area is 148 Å². The van der Waals surface area contributed by atoms with Crippen LogP contribution in [0.4, 0.5) is 0 Å². The standard InChI is InChI=1S/C19H12Cl2O3/c20-15-7-8-16(17(21)10-15)18(22)11-24-19(23)14-6-5-12-3-1-2-4-13(12)9-14/h1-10H,11H2. The van der Waals surface area contributed by atoms with Gasteiger partial charge in [0, 0.05) is 10.6 Å². The molecule has 3 aromatic rings. The smallest absolute Gasteiger partial charge is 0.338 e. The number of benzene rings is 3. The lowest BCUT2D eigenvalue weighted by molar-refractivity contribution is 0.0475. The average Bonchev–Trinajstić information content (AvgIpc) is 2.59. The van der Waals surface area contributed by atoms with Gasteiger partial charge in [-0.2, -0.15) is 0 Å². The molecule has 0 fully saturated rings. The van der Waals surface area contributed by atoms with Gasteiger partial charge in [-0.25, -0.2) is 4.79 Å². The molecule has 0 saturated carbocycles. The largest absolute Gasteiger partial charge is 0.454 e. The maximum atomic E-state index is 12.1.